The maximum absolute atomic E-state index is 13.2. The summed E-state index contributed by atoms with van der Waals surface area (Å²) in [7, 11) is 0. The first-order valence-corrected chi connectivity index (χ1v) is 12.2. The molecule has 0 saturated heterocycles. The van der Waals surface area contributed by atoms with Gasteiger partial charge in [0.2, 0.25) is 5.91 Å². The van der Waals surface area contributed by atoms with Crippen molar-refractivity contribution in [1.82, 2.24) is 20.4 Å². The van der Waals surface area contributed by atoms with Crippen LogP contribution in [-0.4, -0.2) is 44.9 Å². The highest BCUT2D eigenvalue weighted by atomic mass is 79.9. The maximum Gasteiger partial charge on any atom is 0.405 e. The van der Waals surface area contributed by atoms with Gasteiger partial charge in [0, 0.05) is 24.6 Å². The molecule has 0 aromatic carbocycles. The highest BCUT2D eigenvalue weighted by Crippen LogP contribution is 2.78. The molecule has 1 aromatic rings. The summed E-state index contributed by atoms with van der Waals surface area (Å²) in [6.07, 6.45) is 9.09. The lowest BCUT2D eigenvalue weighted by Crippen LogP contribution is -2.60. The van der Waals surface area contributed by atoms with Crippen LogP contribution >= 0.6 is 15.9 Å². The number of amides is 3. The summed E-state index contributed by atoms with van der Waals surface area (Å²) in [4.78, 5) is 36.2. The molecule has 4 saturated carbocycles. The Morgan fingerprint density at radius 3 is 2.70 bits per heavy atom. The molecule has 5 rings (SSSR count). The second kappa shape index (κ2) is 7.32. The molecule has 4 fully saturated rings. The zero-order valence-corrected chi connectivity index (χ0v) is 20.6. The number of ether oxygens (including phenoxy) is 1. The largest absolute Gasteiger partial charge is 0.442 e. The van der Waals surface area contributed by atoms with Crippen LogP contribution in [0.2, 0.25) is 0 Å². The highest BCUT2D eigenvalue weighted by molar-refractivity contribution is 9.10. The van der Waals surface area contributed by atoms with Crippen LogP contribution in [0.4, 0.5) is 4.79 Å². The Hall–Kier alpha value is -2.36. The van der Waals surface area contributed by atoms with Gasteiger partial charge in [-0.25, -0.2) is 9.48 Å². The number of nitrogens with zero attached hydrogens (tertiary/aromatic N) is 2. The van der Waals surface area contributed by atoms with Crippen molar-refractivity contribution in [3.63, 3.8) is 0 Å². The van der Waals surface area contributed by atoms with E-state index in [1.807, 2.05) is 19.9 Å². The van der Waals surface area contributed by atoms with E-state index >= 15 is 0 Å². The van der Waals surface area contributed by atoms with Gasteiger partial charge in [-0.3, -0.25) is 9.59 Å². The van der Waals surface area contributed by atoms with E-state index in [1.54, 1.807) is 17.1 Å². The smallest absolute Gasteiger partial charge is 0.405 e. The fourth-order valence-corrected chi connectivity index (χ4v) is 7.90. The van der Waals surface area contributed by atoms with E-state index in [2.05, 4.69) is 31.7 Å². The van der Waals surface area contributed by atoms with Gasteiger partial charge in [0.25, 0.3) is 5.91 Å². The number of nitrogens with two attached hydrogens (primary N) is 1. The van der Waals surface area contributed by atoms with Gasteiger partial charge in [-0.15, -0.1) is 0 Å². The second-order valence-corrected chi connectivity index (χ2v) is 11.6. The number of hydrogen-bond donors (Lipinski definition) is 3. The summed E-state index contributed by atoms with van der Waals surface area (Å²) in [5.74, 6) is 0.940. The third kappa shape index (κ3) is 3.40. The second-order valence-electron chi connectivity index (χ2n) is 10.9. The van der Waals surface area contributed by atoms with Gasteiger partial charge in [0.1, 0.15) is 10.2 Å². The molecule has 10 heteroatoms. The van der Waals surface area contributed by atoms with Gasteiger partial charge >= 0.3 is 6.09 Å². The molecule has 9 nitrogen and oxygen atoms in total. The fraction of sp³-hybridized carbons (Fsp3) is 0.652. The topological polar surface area (TPSA) is 128 Å². The van der Waals surface area contributed by atoms with Gasteiger partial charge in [-0.2, -0.15) is 5.10 Å². The lowest BCUT2D eigenvalue weighted by atomic mass is 9.52. The third-order valence-electron chi connectivity index (χ3n) is 8.42. The summed E-state index contributed by atoms with van der Waals surface area (Å²) in [6.45, 7) is 5.22. The van der Waals surface area contributed by atoms with Gasteiger partial charge in [-0.05, 0) is 85.7 Å². The number of carbonyl (C=O) groups is 3. The van der Waals surface area contributed by atoms with E-state index in [-0.39, 0.29) is 29.2 Å². The molecule has 0 aliphatic heterocycles. The molecular weight excluding hydrogens is 490 g/mol. The first kappa shape index (κ1) is 22.4. The van der Waals surface area contributed by atoms with E-state index in [4.69, 9.17) is 10.5 Å². The molecule has 33 heavy (non-hydrogen) atoms. The van der Waals surface area contributed by atoms with E-state index < -0.39 is 17.2 Å². The SMILES string of the molecule is CC(=O)NC(C)(C)/C=C/n1ncc(C(=O)NC2C3CC4CC5(OC(N)=O)CC2CC45C3)c1Br. The lowest BCUT2D eigenvalue weighted by Gasteiger charge is -2.57. The summed E-state index contributed by atoms with van der Waals surface area (Å²) < 4.78 is 7.83. The Bertz CT molecular complexity index is 1060. The van der Waals surface area contributed by atoms with Crippen molar-refractivity contribution in [2.45, 2.75) is 70.1 Å². The molecule has 1 spiro atoms. The van der Waals surface area contributed by atoms with Crippen molar-refractivity contribution in [3.05, 3.63) is 22.4 Å². The predicted octanol–water partition coefficient (Wildman–Crippen LogP) is 2.80. The molecule has 3 bridgehead atoms. The van der Waals surface area contributed by atoms with Crippen LogP contribution in [-0.2, 0) is 9.53 Å². The minimum Gasteiger partial charge on any atom is -0.442 e. The number of fused-ring (bicyclic) bond motifs is 2. The van der Waals surface area contributed by atoms with Crippen molar-refractivity contribution < 1.29 is 19.1 Å². The van der Waals surface area contributed by atoms with Gasteiger partial charge in [0.15, 0.2) is 0 Å². The van der Waals surface area contributed by atoms with Crippen molar-refractivity contribution in [3.8, 4) is 0 Å². The predicted molar refractivity (Wildman–Crippen MR) is 124 cm³/mol. The number of primary amides is 1. The summed E-state index contributed by atoms with van der Waals surface area (Å²) >= 11 is 3.50. The van der Waals surface area contributed by atoms with Gasteiger partial charge in [-0.1, -0.05) is 0 Å². The molecule has 3 amide bonds. The standard InChI is InChI=1S/C23H30BrN5O4/c1-12(30)28-21(2,3)4-5-29-18(24)16(11-26-29)19(31)27-17-13-6-15-10-23(33-20(25)32)9-14(17)8-22(15,23)7-13/h4-5,11,13-15,17H,6-10H2,1-3H3,(H2,25,32)(H,27,31)(H,28,30)/b5-4+. The quantitative estimate of drug-likeness (QED) is 0.532. The van der Waals surface area contributed by atoms with Crippen molar-refractivity contribution in [2.75, 3.05) is 0 Å². The first-order valence-electron chi connectivity index (χ1n) is 11.5. The summed E-state index contributed by atoms with van der Waals surface area (Å²) in [5, 5.41) is 10.4. The molecule has 6 unspecified atom stereocenters. The maximum atomic E-state index is 13.2. The van der Waals surface area contributed by atoms with Gasteiger partial charge in [0.05, 0.1) is 17.3 Å². The van der Waals surface area contributed by atoms with Crippen LogP contribution in [0.1, 0.15) is 63.2 Å². The minimum absolute atomic E-state index is 0.0544. The molecule has 1 heterocycles. The van der Waals surface area contributed by atoms with Crippen LogP contribution in [0.15, 0.2) is 16.9 Å². The van der Waals surface area contributed by atoms with E-state index in [0.717, 1.165) is 32.1 Å². The van der Waals surface area contributed by atoms with E-state index in [1.165, 1.54) is 6.92 Å². The zero-order chi connectivity index (χ0) is 23.8. The van der Waals surface area contributed by atoms with Crippen LogP contribution in [0.3, 0.4) is 0 Å². The Morgan fingerprint density at radius 2 is 2.00 bits per heavy atom. The van der Waals surface area contributed by atoms with Crippen LogP contribution in [0, 0.1) is 23.2 Å². The third-order valence-corrected chi connectivity index (χ3v) is 9.21. The van der Waals surface area contributed by atoms with E-state index in [9.17, 15) is 14.4 Å². The minimum atomic E-state index is -0.689. The normalized spacial score (nSPS) is 35.9. The molecular formula is C23H30BrN5O4. The van der Waals surface area contributed by atoms with Crippen molar-refractivity contribution >= 4 is 40.0 Å². The number of rotatable bonds is 6. The van der Waals surface area contributed by atoms with Crippen molar-refractivity contribution in [2.24, 2.45) is 28.9 Å². The molecule has 4 N–H and O–H groups in total. The fourth-order valence-electron chi connectivity index (χ4n) is 7.41. The number of halogens is 1. The molecule has 4 aliphatic rings. The Labute approximate surface area is 201 Å². The monoisotopic (exact) mass is 519 g/mol. The van der Waals surface area contributed by atoms with Crippen LogP contribution in [0.5, 0.6) is 0 Å². The van der Waals surface area contributed by atoms with Crippen LogP contribution < -0.4 is 16.4 Å². The molecule has 0 radical (unpaired) electrons. The average Bonchev–Trinajstić information content (AvgIpc) is 3.24. The molecule has 1 aromatic heterocycles. The van der Waals surface area contributed by atoms with E-state index in [0.29, 0.717) is 22.0 Å². The summed E-state index contributed by atoms with van der Waals surface area (Å²) in [6, 6.07) is 0.0544. The number of hydrogen-bond acceptors (Lipinski definition) is 5. The first-order chi connectivity index (χ1) is 15.5. The zero-order valence-electron chi connectivity index (χ0n) is 19.1. The average molecular weight is 520 g/mol. The van der Waals surface area contributed by atoms with Gasteiger partial charge < -0.3 is 21.1 Å². The molecule has 6 atom stereocenters. The number of nitrogens with one attached hydrogen (secondary N) is 2. The molecule has 4 aliphatic carbocycles. The Balaban J connectivity index is 1.30. The number of aromatic nitrogens is 2. The molecule has 178 valence electrons. The summed E-state index contributed by atoms with van der Waals surface area (Å²) in [5.41, 5.74) is 4.94. The Kier molecular flexibility index (Phi) is 4.97. The van der Waals surface area contributed by atoms with Crippen molar-refractivity contribution in [1.29, 1.82) is 0 Å². The lowest BCUT2D eigenvalue weighted by molar-refractivity contribution is -0.175. The van der Waals surface area contributed by atoms with Crippen LogP contribution in [0.25, 0.3) is 6.20 Å². The highest BCUT2D eigenvalue weighted by Gasteiger charge is 2.78. The number of carbonyl (C=O) groups excluding carboxylic acids is 3. The Morgan fingerprint density at radius 1 is 1.27 bits per heavy atom.